The van der Waals surface area contributed by atoms with Crippen LogP contribution in [-0.4, -0.2) is 71.4 Å². The molecule has 7 heteroatoms. The third-order valence-electron chi connectivity index (χ3n) is 6.16. The van der Waals surface area contributed by atoms with Crippen LogP contribution in [0.3, 0.4) is 0 Å². The molecule has 0 saturated carbocycles. The molecule has 4 rings (SSSR count). The number of hydrogen-bond acceptors (Lipinski definition) is 2. The third-order valence-corrected chi connectivity index (χ3v) is 8.08. The SMILES string of the molecule is CN(C)C(=O)[C@H]1Cc2c([nH]c3ccccc23)[C@H](c2ccc(S(C)(C)C)cc2)N1C(=O)CCl. The van der Waals surface area contributed by atoms with E-state index >= 15 is 0 Å². The minimum absolute atomic E-state index is 0.0971. The van der Waals surface area contributed by atoms with Gasteiger partial charge in [0.2, 0.25) is 11.8 Å². The molecule has 170 valence electrons. The first kappa shape index (κ1) is 22.7. The van der Waals surface area contributed by atoms with Crippen molar-refractivity contribution in [3.63, 3.8) is 0 Å². The van der Waals surface area contributed by atoms with Crippen molar-refractivity contribution in [3.8, 4) is 0 Å². The topological polar surface area (TPSA) is 56.4 Å². The van der Waals surface area contributed by atoms with Crippen molar-refractivity contribution in [2.24, 2.45) is 0 Å². The molecule has 2 aromatic carbocycles. The highest BCUT2D eigenvalue weighted by Crippen LogP contribution is 2.46. The summed E-state index contributed by atoms with van der Waals surface area (Å²) in [6, 6.07) is 15.6. The number of nitrogens with one attached hydrogen (secondary N) is 1. The van der Waals surface area contributed by atoms with Gasteiger partial charge >= 0.3 is 0 Å². The highest BCUT2D eigenvalue weighted by molar-refractivity contribution is 8.32. The molecule has 0 bridgehead atoms. The second-order valence-corrected chi connectivity index (χ2v) is 13.7. The van der Waals surface area contributed by atoms with E-state index in [4.69, 9.17) is 11.6 Å². The molecule has 0 aliphatic carbocycles. The van der Waals surface area contributed by atoms with E-state index < -0.39 is 22.1 Å². The van der Waals surface area contributed by atoms with Crippen LogP contribution in [0.1, 0.15) is 22.9 Å². The Labute approximate surface area is 196 Å². The lowest BCUT2D eigenvalue weighted by molar-refractivity contribution is -0.145. The molecule has 0 unspecified atom stereocenters. The second-order valence-electron chi connectivity index (χ2n) is 9.26. The van der Waals surface area contributed by atoms with Crippen LogP contribution in [0.5, 0.6) is 0 Å². The molecule has 2 amide bonds. The molecule has 2 atom stereocenters. The van der Waals surface area contributed by atoms with Crippen LogP contribution in [0.4, 0.5) is 0 Å². The quantitative estimate of drug-likeness (QED) is 0.574. The molecule has 1 N–H and O–H groups in total. The molecule has 0 radical (unpaired) electrons. The van der Waals surface area contributed by atoms with E-state index in [-0.39, 0.29) is 17.7 Å². The number of para-hydroxylation sites is 1. The molecule has 0 spiro atoms. The molecule has 5 nitrogen and oxygen atoms in total. The number of rotatable bonds is 4. The molecule has 1 aliphatic rings. The summed E-state index contributed by atoms with van der Waals surface area (Å²) in [6.45, 7) is 0. The van der Waals surface area contributed by atoms with Gasteiger partial charge in [0.15, 0.2) is 0 Å². The number of carbonyl (C=O) groups excluding carboxylic acids is 2. The first-order valence-electron chi connectivity index (χ1n) is 10.6. The van der Waals surface area contributed by atoms with Crippen LogP contribution in [-0.2, 0) is 16.0 Å². The van der Waals surface area contributed by atoms with Gasteiger partial charge in [-0.1, -0.05) is 30.3 Å². The number of benzene rings is 2. The van der Waals surface area contributed by atoms with E-state index in [1.54, 1.807) is 23.9 Å². The fourth-order valence-electron chi connectivity index (χ4n) is 4.56. The number of alkyl halides is 1. The molecule has 0 fully saturated rings. The van der Waals surface area contributed by atoms with E-state index in [0.29, 0.717) is 6.42 Å². The van der Waals surface area contributed by atoms with Crippen molar-refractivity contribution >= 4 is 44.3 Å². The van der Waals surface area contributed by atoms with E-state index in [2.05, 4.69) is 54.1 Å². The number of carbonyl (C=O) groups is 2. The normalized spacial score (nSPS) is 19.0. The van der Waals surface area contributed by atoms with Crippen molar-refractivity contribution in [3.05, 3.63) is 65.4 Å². The van der Waals surface area contributed by atoms with E-state index in [0.717, 1.165) is 27.7 Å². The summed E-state index contributed by atoms with van der Waals surface area (Å²) in [5.41, 5.74) is 4.03. The molecular weight excluding hydrogens is 442 g/mol. The number of amides is 2. The molecule has 32 heavy (non-hydrogen) atoms. The molecule has 1 aromatic heterocycles. The van der Waals surface area contributed by atoms with Gasteiger partial charge in [-0.2, -0.15) is 0 Å². The monoisotopic (exact) mass is 471 g/mol. The van der Waals surface area contributed by atoms with Gasteiger partial charge in [0, 0.05) is 37.1 Å². The minimum atomic E-state index is -0.872. The number of hydrogen-bond donors (Lipinski definition) is 1. The van der Waals surface area contributed by atoms with Crippen molar-refractivity contribution < 1.29 is 9.59 Å². The van der Waals surface area contributed by atoms with Crippen LogP contribution < -0.4 is 0 Å². The van der Waals surface area contributed by atoms with Crippen LogP contribution in [0, 0.1) is 0 Å². The summed E-state index contributed by atoms with van der Waals surface area (Å²) in [6.07, 6.45) is 7.23. The Morgan fingerprint density at radius 1 is 1.09 bits per heavy atom. The Balaban J connectivity index is 1.94. The van der Waals surface area contributed by atoms with Crippen molar-refractivity contribution in [1.29, 1.82) is 0 Å². The Morgan fingerprint density at radius 3 is 2.34 bits per heavy atom. The maximum absolute atomic E-state index is 13.2. The van der Waals surface area contributed by atoms with E-state index in [1.807, 2.05) is 18.2 Å². The number of halogens is 1. The lowest BCUT2D eigenvalue weighted by atomic mass is 9.87. The van der Waals surface area contributed by atoms with Gasteiger partial charge in [-0.25, -0.2) is 10.0 Å². The Hall–Kier alpha value is -2.44. The molecule has 1 aliphatic heterocycles. The van der Waals surface area contributed by atoms with Crippen molar-refractivity contribution in [1.82, 2.24) is 14.8 Å². The highest BCUT2D eigenvalue weighted by Gasteiger charge is 2.43. The summed E-state index contributed by atoms with van der Waals surface area (Å²) < 4.78 is 0. The van der Waals surface area contributed by atoms with Gasteiger partial charge in [-0.05, 0) is 53.0 Å². The van der Waals surface area contributed by atoms with Crippen LogP contribution in [0.25, 0.3) is 10.9 Å². The van der Waals surface area contributed by atoms with Crippen molar-refractivity contribution in [2.75, 3.05) is 38.7 Å². The fourth-order valence-corrected chi connectivity index (χ4v) is 5.65. The highest BCUT2D eigenvalue weighted by atomic mass is 35.5. The summed E-state index contributed by atoms with van der Waals surface area (Å²) in [7, 11) is 2.59. The van der Waals surface area contributed by atoms with Gasteiger partial charge in [0.1, 0.15) is 11.9 Å². The first-order valence-corrected chi connectivity index (χ1v) is 14.0. The number of aromatic nitrogens is 1. The predicted octanol–water partition coefficient (Wildman–Crippen LogP) is 4.39. The number of aromatic amines is 1. The van der Waals surface area contributed by atoms with Gasteiger partial charge in [0.25, 0.3) is 0 Å². The van der Waals surface area contributed by atoms with Crippen LogP contribution >= 0.6 is 21.6 Å². The molecule has 0 saturated heterocycles. The zero-order valence-electron chi connectivity index (χ0n) is 19.2. The standard InChI is InChI=1S/C25H30ClN3O2S/c1-28(2)25(31)21-14-19-18-8-6-7-9-20(18)27-23(19)24(29(21)22(30)15-26)16-10-12-17(13-11-16)32(3,4)5/h6-13,21,24,27H,14-15H2,1-5H3/t21-,24+/m1/s1. The van der Waals surface area contributed by atoms with Gasteiger partial charge < -0.3 is 14.8 Å². The number of nitrogens with zero attached hydrogens (tertiary/aromatic N) is 2. The number of likely N-dealkylation sites (N-methyl/N-ethyl adjacent to an activating group) is 1. The van der Waals surface area contributed by atoms with Gasteiger partial charge in [-0.3, -0.25) is 9.59 Å². The zero-order chi connectivity index (χ0) is 23.2. The Kier molecular flexibility index (Phi) is 6.03. The van der Waals surface area contributed by atoms with Gasteiger partial charge in [0.05, 0.1) is 6.04 Å². The summed E-state index contributed by atoms with van der Waals surface area (Å²) in [5.74, 6) is -0.514. The molecule has 2 heterocycles. The third kappa shape index (κ3) is 3.90. The first-order chi connectivity index (χ1) is 15.1. The van der Waals surface area contributed by atoms with Crippen LogP contribution in [0.2, 0.25) is 0 Å². The van der Waals surface area contributed by atoms with Crippen LogP contribution in [0.15, 0.2) is 53.4 Å². The number of H-pyrrole nitrogens is 1. The van der Waals surface area contributed by atoms with Gasteiger partial charge in [-0.15, -0.1) is 11.6 Å². The maximum Gasteiger partial charge on any atom is 0.245 e. The summed E-state index contributed by atoms with van der Waals surface area (Å²) >= 11 is 6.06. The Morgan fingerprint density at radius 2 is 1.75 bits per heavy atom. The lowest BCUT2D eigenvalue weighted by Crippen LogP contribution is -2.54. The van der Waals surface area contributed by atoms with Crippen molar-refractivity contribution in [2.45, 2.75) is 23.4 Å². The fraction of sp³-hybridized carbons (Fsp3) is 0.360. The number of fused-ring (bicyclic) bond motifs is 3. The maximum atomic E-state index is 13.2. The largest absolute Gasteiger partial charge is 0.356 e. The summed E-state index contributed by atoms with van der Waals surface area (Å²) in [4.78, 5) is 34.5. The average molecular weight is 472 g/mol. The lowest BCUT2D eigenvalue weighted by Gasteiger charge is -2.42. The average Bonchev–Trinajstić information content (AvgIpc) is 3.14. The summed E-state index contributed by atoms with van der Waals surface area (Å²) in [5, 5.41) is 1.10. The van der Waals surface area contributed by atoms with E-state index in [9.17, 15) is 9.59 Å². The zero-order valence-corrected chi connectivity index (χ0v) is 20.8. The smallest absolute Gasteiger partial charge is 0.245 e. The van der Waals surface area contributed by atoms with E-state index in [1.165, 1.54) is 4.90 Å². The Bertz CT molecular complexity index is 1160. The molecular formula is C25H30ClN3O2S. The minimum Gasteiger partial charge on any atom is -0.356 e. The predicted molar refractivity (Wildman–Crippen MR) is 134 cm³/mol. The second kappa shape index (κ2) is 8.49. The molecule has 3 aromatic rings.